The molecule has 2 aromatic rings. The summed E-state index contributed by atoms with van der Waals surface area (Å²) in [6.45, 7) is 7.64. The number of nitrogens with zero attached hydrogens (tertiary/aromatic N) is 3. The fraction of sp³-hybridized carbons (Fsp3) is 0.727. The minimum atomic E-state index is -3.37. The summed E-state index contributed by atoms with van der Waals surface area (Å²) in [5, 5.41) is 12.7. The summed E-state index contributed by atoms with van der Waals surface area (Å²) in [6, 6.07) is 0. The number of carbonyl (C=O) groups is 1. The zero-order valence-corrected chi connectivity index (χ0v) is 23.1. The molecule has 0 aromatic carbocycles. The van der Waals surface area contributed by atoms with Gasteiger partial charge in [0.25, 0.3) is 0 Å². The molecule has 3 N–H and O–H groups in total. The van der Waals surface area contributed by atoms with Gasteiger partial charge in [-0.15, -0.1) is 0 Å². The molecule has 4 rings (SSSR count). The van der Waals surface area contributed by atoms with Gasteiger partial charge in [0.1, 0.15) is 0 Å². The Balaban J connectivity index is 1.68. The molecule has 4 heterocycles. The van der Waals surface area contributed by atoms with Crippen LogP contribution in [-0.4, -0.2) is 74.7 Å². The number of carbonyl (C=O) groups excluding carboxylic acids is 1. The number of rotatable bonds is 10. The SMILES string of the molecule is CCC[CH2][Sn]1([CH2]CCC)[O]C2[C@@H](CO)O[C@@H](n3cnc4c(=O)[nH]c(NC(=O)C(C)C)nc43)[C@H]2[O]1. The number of H-pyrrole nitrogens is 1. The average molecular weight is 584 g/mol. The van der Waals surface area contributed by atoms with Gasteiger partial charge in [-0.05, 0) is 0 Å². The van der Waals surface area contributed by atoms with Crippen LogP contribution in [0.2, 0.25) is 8.87 Å². The maximum absolute atomic E-state index is 12.6. The number of hydrogen-bond acceptors (Lipinski definition) is 8. The van der Waals surface area contributed by atoms with E-state index in [0.29, 0.717) is 0 Å². The molecule has 0 saturated carbocycles. The molecule has 4 atom stereocenters. The second-order valence-corrected chi connectivity index (χ2v) is 18.8. The first kappa shape index (κ1) is 25.5. The molecule has 2 saturated heterocycles. The van der Waals surface area contributed by atoms with E-state index in [4.69, 9.17) is 10.9 Å². The molecule has 2 fully saturated rings. The molecule has 2 aromatic heterocycles. The predicted octanol–water partition coefficient (Wildman–Crippen LogP) is 2.43. The fourth-order valence-electron chi connectivity index (χ4n) is 4.56. The van der Waals surface area contributed by atoms with Crippen molar-refractivity contribution in [1.29, 1.82) is 0 Å². The van der Waals surface area contributed by atoms with Gasteiger partial charge in [-0.2, -0.15) is 0 Å². The minimum absolute atomic E-state index is 0.0502. The van der Waals surface area contributed by atoms with Crippen LogP contribution in [0, 0.1) is 5.92 Å². The van der Waals surface area contributed by atoms with Crippen molar-refractivity contribution < 1.29 is 20.8 Å². The molecule has 2 aliphatic heterocycles. The fourth-order valence-corrected chi connectivity index (χ4v) is 16.2. The molecule has 2 aliphatic rings. The first-order valence-electron chi connectivity index (χ1n) is 12.2. The Labute approximate surface area is 203 Å². The summed E-state index contributed by atoms with van der Waals surface area (Å²) in [4.78, 5) is 36.0. The van der Waals surface area contributed by atoms with Crippen LogP contribution < -0.4 is 10.9 Å². The first-order chi connectivity index (χ1) is 16.3. The van der Waals surface area contributed by atoms with E-state index in [-0.39, 0.29) is 41.6 Å². The zero-order chi connectivity index (χ0) is 24.5. The Morgan fingerprint density at radius 3 is 2.53 bits per heavy atom. The number of imidazole rings is 1. The number of aromatic amines is 1. The van der Waals surface area contributed by atoms with E-state index in [1.807, 2.05) is 0 Å². The van der Waals surface area contributed by atoms with Gasteiger partial charge in [0.15, 0.2) is 0 Å². The third kappa shape index (κ3) is 4.90. The molecule has 0 aliphatic carbocycles. The number of hydrogen-bond donors (Lipinski definition) is 3. The molecule has 1 amide bonds. The number of fused-ring (bicyclic) bond motifs is 2. The molecule has 0 bridgehead atoms. The number of nitrogens with one attached hydrogen (secondary N) is 2. The third-order valence-corrected chi connectivity index (χ3v) is 16.8. The van der Waals surface area contributed by atoms with Crippen molar-refractivity contribution in [1.82, 2.24) is 19.5 Å². The van der Waals surface area contributed by atoms with Crippen LogP contribution in [0.15, 0.2) is 11.1 Å². The van der Waals surface area contributed by atoms with Gasteiger partial charge in [0.2, 0.25) is 0 Å². The number of aliphatic hydroxyl groups is 1. The van der Waals surface area contributed by atoms with Crippen molar-refractivity contribution in [2.75, 3.05) is 11.9 Å². The van der Waals surface area contributed by atoms with Crippen LogP contribution >= 0.6 is 0 Å². The van der Waals surface area contributed by atoms with Gasteiger partial charge in [-0.3, -0.25) is 0 Å². The molecule has 0 spiro atoms. The summed E-state index contributed by atoms with van der Waals surface area (Å²) in [5.74, 6) is -0.482. The predicted molar refractivity (Wildman–Crippen MR) is 128 cm³/mol. The molecular weight excluding hydrogens is 549 g/mol. The van der Waals surface area contributed by atoms with E-state index in [1.165, 1.54) is 6.33 Å². The zero-order valence-electron chi connectivity index (χ0n) is 20.2. The van der Waals surface area contributed by atoms with Gasteiger partial charge >= 0.3 is 204 Å². The van der Waals surface area contributed by atoms with Gasteiger partial charge in [0, 0.05) is 0 Å². The van der Waals surface area contributed by atoms with Crippen LogP contribution in [0.1, 0.15) is 59.6 Å². The quantitative estimate of drug-likeness (QED) is 0.362. The third-order valence-electron chi connectivity index (χ3n) is 6.46. The monoisotopic (exact) mass is 585 g/mol. The van der Waals surface area contributed by atoms with Gasteiger partial charge < -0.3 is 0 Å². The Morgan fingerprint density at radius 2 is 1.91 bits per heavy atom. The normalized spacial score (nSPS) is 25.8. The standard InChI is InChI=1S/C14H17N5O6.2C4H9.Sn/c1-5(2)11(23)17-14-16-10-7(12(24)18-14)15-4-19(10)13-9(22)8(21)6(3-20)25-13;2*1-3-4-2;/h4-6,8-9,13,20H,3H2,1-2H3,(H2,16,17,18,23,24);2*1,3-4H2,2H3;/q-2;;;+2/t6-,8?,9+,13-;;;/m1.../s1. The molecule has 0 radical (unpaired) electrons. The Kier molecular flexibility index (Phi) is 7.97. The van der Waals surface area contributed by atoms with Crippen molar-refractivity contribution >= 4 is 42.2 Å². The molecule has 34 heavy (non-hydrogen) atoms. The summed E-state index contributed by atoms with van der Waals surface area (Å²) in [6.07, 6.45) is 3.80. The maximum atomic E-state index is 12.6. The number of anilines is 1. The van der Waals surface area contributed by atoms with Crippen molar-refractivity contribution in [2.24, 2.45) is 5.92 Å². The molecular formula is C22H35N5O6Sn. The number of aliphatic hydroxyl groups excluding tert-OH is 1. The number of aromatic nitrogens is 4. The van der Waals surface area contributed by atoms with E-state index < -0.39 is 43.2 Å². The van der Waals surface area contributed by atoms with E-state index in [0.717, 1.165) is 34.6 Å². The van der Waals surface area contributed by atoms with Gasteiger partial charge in [0.05, 0.1) is 0 Å². The van der Waals surface area contributed by atoms with E-state index >= 15 is 0 Å². The molecule has 12 heteroatoms. The first-order valence-corrected chi connectivity index (χ1v) is 18.6. The van der Waals surface area contributed by atoms with Crippen LogP contribution in [0.3, 0.4) is 0 Å². The summed E-state index contributed by atoms with van der Waals surface area (Å²) >= 11 is -3.37. The van der Waals surface area contributed by atoms with Crippen molar-refractivity contribution in [3.8, 4) is 0 Å². The Hall–Kier alpha value is -1.54. The van der Waals surface area contributed by atoms with Crippen LogP contribution in [0.5, 0.6) is 0 Å². The second kappa shape index (κ2) is 10.6. The molecule has 1 unspecified atom stereocenters. The molecule has 188 valence electrons. The summed E-state index contributed by atoms with van der Waals surface area (Å²) in [5.41, 5.74) is -0.0385. The number of amides is 1. The van der Waals surface area contributed by atoms with Gasteiger partial charge in [-0.1, -0.05) is 0 Å². The van der Waals surface area contributed by atoms with Crippen LogP contribution in [0.25, 0.3) is 11.2 Å². The summed E-state index contributed by atoms with van der Waals surface area (Å²) < 4.78 is 23.2. The van der Waals surface area contributed by atoms with E-state index in [1.54, 1.807) is 18.4 Å². The van der Waals surface area contributed by atoms with E-state index in [9.17, 15) is 14.7 Å². The topological polar surface area (TPSA) is 141 Å². The van der Waals surface area contributed by atoms with E-state index in [2.05, 4.69) is 34.1 Å². The second-order valence-electron chi connectivity index (χ2n) is 9.41. The van der Waals surface area contributed by atoms with Crippen LogP contribution in [0.4, 0.5) is 5.95 Å². The number of unbranched alkanes of at least 4 members (excludes halogenated alkanes) is 2. The van der Waals surface area contributed by atoms with Crippen molar-refractivity contribution in [3.63, 3.8) is 0 Å². The Morgan fingerprint density at radius 1 is 1.24 bits per heavy atom. The van der Waals surface area contributed by atoms with Gasteiger partial charge in [-0.25, -0.2) is 0 Å². The molecule has 11 nitrogen and oxygen atoms in total. The van der Waals surface area contributed by atoms with Crippen molar-refractivity contribution in [2.45, 2.75) is 86.8 Å². The van der Waals surface area contributed by atoms with Crippen LogP contribution in [-0.2, 0) is 15.7 Å². The van der Waals surface area contributed by atoms with Crippen molar-refractivity contribution in [3.05, 3.63) is 16.7 Å². The summed E-state index contributed by atoms with van der Waals surface area (Å²) in [7, 11) is 0. The Bertz CT molecular complexity index is 1060. The number of ether oxygens (including phenoxy) is 1. The average Bonchev–Trinajstić information content (AvgIpc) is 3.48.